The molecule has 1 atom stereocenters. The van der Waals surface area contributed by atoms with Gasteiger partial charge in [-0.05, 0) is 12.1 Å². The number of hydrogen-bond donors (Lipinski definition) is 2. The summed E-state index contributed by atoms with van der Waals surface area (Å²) < 4.78 is 4.83. The van der Waals surface area contributed by atoms with Gasteiger partial charge >= 0.3 is 0 Å². The van der Waals surface area contributed by atoms with Crippen LogP contribution in [0, 0.1) is 0 Å². The second kappa shape index (κ2) is 2.53. The maximum atomic E-state index is 10.4. The first kappa shape index (κ1) is 6.82. The van der Waals surface area contributed by atoms with Crippen LogP contribution in [0.3, 0.4) is 0 Å². The first-order chi connectivity index (χ1) is 4.72. The zero-order valence-electron chi connectivity index (χ0n) is 5.28. The van der Waals surface area contributed by atoms with Crippen LogP contribution in [0.15, 0.2) is 22.8 Å². The topological polar surface area (TPSA) is 82.2 Å². The fourth-order valence-corrected chi connectivity index (χ4v) is 0.608. The number of hydrogen-bond acceptors (Lipinski definition) is 3. The van der Waals surface area contributed by atoms with Crippen molar-refractivity contribution in [2.45, 2.75) is 6.04 Å². The maximum Gasteiger partial charge on any atom is 0.242 e. The van der Waals surface area contributed by atoms with E-state index in [0.29, 0.717) is 5.76 Å². The van der Waals surface area contributed by atoms with Crippen molar-refractivity contribution in [3.8, 4) is 0 Å². The molecule has 0 aromatic carbocycles. The lowest BCUT2D eigenvalue weighted by Crippen LogP contribution is -2.27. The van der Waals surface area contributed by atoms with Crippen LogP contribution in [-0.2, 0) is 4.79 Å². The van der Waals surface area contributed by atoms with Crippen LogP contribution in [0.1, 0.15) is 11.8 Å². The van der Waals surface area contributed by atoms with Crippen LogP contribution < -0.4 is 11.5 Å². The molecule has 1 aromatic rings. The van der Waals surface area contributed by atoms with Gasteiger partial charge in [-0.1, -0.05) is 0 Å². The van der Waals surface area contributed by atoms with Crippen LogP contribution in [0.4, 0.5) is 0 Å². The largest absolute Gasteiger partial charge is 0.467 e. The van der Waals surface area contributed by atoms with Crippen molar-refractivity contribution in [3.05, 3.63) is 24.2 Å². The number of primary amides is 1. The molecule has 0 radical (unpaired) electrons. The molecule has 1 amide bonds. The van der Waals surface area contributed by atoms with E-state index in [1.165, 1.54) is 6.26 Å². The molecule has 1 unspecified atom stereocenters. The van der Waals surface area contributed by atoms with Gasteiger partial charge in [0.2, 0.25) is 5.91 Å². The Morgan fingerprint density at radius 3 is 2.80 bits per heavy atom. The highest BCUT2D eigenvalue weighted by atomic mass is 16.3. The Labute approximate surface area is 57.8 Å². The third-order valence-corrected chi connectivity index (χ3v) is 1.16. The van der Waals surface area contributed by atoms with Crippen LogP contribution in [0.5, 0.6) is 0 Å². The quantitative estimate of drug-likeness (QED) is 0.595. The Kier molecular flexibility index (Phi) is 1.73. The van der Waals surface area contributed by atoms with E-state index in [-0.39, 0.29) is 0 Å². The van der Waals surface area contributed by atoms with E-state index >= 15 is 0 Å². The van der Waals surface area contributed by atoms with E-state index in [2.05, 4.69) is 0 Å². The van der Waals surface area contributed by atoms with Gasteiger partial charge in [0.15, 0.2) is 0 Å². The van der Waals surface area contributed by atoms with Crippen molar-refractivity contribution < 1.29 is 9.21 Å². The summed E-state index contributed by atoms with van der Waals surface area (Å²) in [6.45, 7) is 0. The molecule has 4 nitrogen and oxygen atoms in total. The molecule has 0 saturated heterocycles. The molecule has 0 fully saturated rings. The SMILES string of the molecule is NC(=O)C(N)c1ccco1. The first-order valence-corrected chi connectivity index (χ1v) is 2.80. The lowest BCUT2D eigenvalue weighted by atomic mass is 10.2. The molecular formula is C6H8N2O2. The van der Waals surface area contributed by atoms with E-state index < -0.39 is 11.9 Å². The van der Waals surface area contributed by atoms with Crippen LogP contribution >= 0.6 is 0 Å². The fraction of sp³-hybridized carbons (Fsp3) is 0.167. The highest BCUT2D eigenvalue weighted by Gasteiger charge is 2.13. The van der Waals surface area contributed by atoms with E-state index in [0.717, 1.165) is 0 Å². The zero-order chi connectivity index (χ0) is 7.56. The first-order valence-electron chi connectivity index (χ1n) is 2.80. The minimum atomic E-state index is -0.824. The van der Waals surface area contributed by atoms with Crippen molar-refractivity contribution in [2.75, 3.05) is 0 Å². The van der Waals surface area contributed by atoms with Gasteiger partial charge in [-0.25, -0.2) is 0 Å². The standard InChI is InChI=1S/C6H8N2O2/c7-5(6(8)9)4-2-1-3-10-4/h1-3,5H,7H2,(H2,8,9). The summed E-state index contributed by atoms with van der Waals surface area (Å²) in [6.07, 6.45) is 1.44. The third kappa shape index (κ3) is 1.16. The third-order valence-electron chi connectivity index (χ3n) is 1.16. The molecule has 4 heteroatoms. The predicted octanol–water partition coefficient (Wildman–Crippen LogP) is -0.235. The molecule has 4 N–H and O–H groups in total. The molecule has 0 spiro atoms. The minimum Gasteiger partial charge on any atom is -0.467 e. The Bertz CT molecular complexity index is 218. The van der Waals surface area contributed by atoms with Gasteiger partial charge in [-0.15, -0.1) is 0 Å². The monoisotopic (exact) mass is 140 g/mol. The van der Waals surface area contributed by atoms with Crippen molar-refractivity contribution in [1.29, 1.82) is 0 Å². The van der Waals surface area contributed by atoms with Crippen LogP contribution in [0.2, 0.25) is 0 Å². The molecule has 10 heavy (non-hydrogen) atoms. The fourth-order valence-electron chi connectivity index (χ4n) is 0.608. The number of amides is 1. The molecule has 54 valence electrons. The molecule has 1 heterocycles. The van der Waals surface area contributed by atoms with Crippen LogP contribution in [0.25, 0.3) is 0 Å². The Balaban J connectivity index is 2.77. The molecule has 0 aliphatic heterocycles. The molecule has 1 aromatic heterocycles. The second-order valence-electron chi connectivity index (χ2n) is 1.90. The number of carbonyl (C=O) groups is 1. The molecular weight excluding hydrogens is 132 g/mol. The minimum absolute atomic E-state index is 0.396. The van der Waals surface area contributed by atoms with E-state index in [9.17, 15) is 4.79 Å². The number of carbonyl (C=O) groups excluding carboxylic acids is 1. The normalized spacial score (nSPS) is 12.9. The number of rotatable bonds is 2. The highest BCUT2D eigenvalue weighted by molar-refractivity contribution is 5.80. The van der Waals surface area contributed by atoms with Gasteiger partial charge in [0.05, 0.1) is 6.26 Å². The Morgan fingerprint density at radius 1 is 1.70 bits per heavy atom. The highest BCUT2D eigenvalue weighted by Crippen LogP contribution is 2.08. The summed E-state index contributed by atoms with van der Waals surface area (Å²) in [5.41, 5.74) is 10.2. The predicted molar refractivity (Wildman–Crippen MR) is 34.8 cm³/mol. The average molecular weight is 140 g/mol. The summed E-state index contributed by atoms with van der Waals surface area (Å²) >= 11 is 0. The van der Waals surface area contributed by atoms with Crippen molar-refractivity contribution in [2.24, 2.45) is 11.5 Å². The summed E-state index contributed by atoms with van der Waals surface area (Å²) in [5, 5.41) is 0. The molecule has 1 rings (SSSR count). The molecule has 0 aliphatic carbocycles. The number of furan rings is 1. The van der Waals surface area contributed by atoms with Gasteiger partial charge < -0.3 is 15.9 Å². The molecule has 0 aliphatic rings. The smallest absolute Gasteiger partial charge is 0.242 e. The van der Waals surface area contributed by atoms with Crippen LogP contribution in [-0.4, -0.2) is 5.91 Å². The van der Waals surface area contributed by atoms with Gasteiger partial charge in [-0.2, -0.15) is 0 Å². The van der Waals surface area contributed by atoms with Gasteiger partial charge in [0.1, 0.15) is 11.8 Å². The Hall–Kier alpha value is -1.29. The van der Waals surface area contributed by atoms with Gasteiger partial charge in [0.25, 0.3) is 0 Å². The van der Waals surface area contributed by atoms with E-state index in [4.69, 9.17) is 15.9 Å². The summed E-state index contributed by atoms with van der Waals surface area (Å²) in [6, 6.07) is 2.43. The summed E-state index contributed by atoms with van der Waals surface area (Å²) in [4.78, 5) is 10.4. The van der Waals surface area contributed by atoms with E-state index in [1.807, 2.05) is 0 Å². The summed E-state index contributed by atoms with van der Waals surface area (Å²) in [7, 11) is 0. The van der Waals surface area contributed by atoms with Crippen molar-refractivity contribution >= 4 is 5.91 Å². The Morgan fingerprint density at radius 2 is 2.40 bits per heavy atom. The summed E-state index contributed by atoms with van der Waals surface area (Å²) in [5.74, 6) is -0.192. The molecule has 0 bridgehead atoms. The maximum absolute atomic E-state index is 10.4. The van der Waals surface area contributed by atoms with Crippen molar-refractivity contribution in [1.82, 2.24) is 0 Å². The number of nitrogens with two attached hydrogens (primary N) is 2. The van der Waals surface area contributed by atoms with E-state index in [1.54, 1.807) is 12.1 Å². The van der Waals surface area contributed by atoms with Crippen molar-refractivity contribution in [3.63, 3.8) is 0 Å². The van der Waals surface area contributed by atoms with Gasteiger partial charge in [0, 0.05) is 0 Å². The second-order valence-corrected chi connectivity index (χ2v) is 1.90. The zero-order valence-corrected chi connectivity index (χ0v) is 5.28. The molecule has 0 saturated carbocycles. The lowest BCUT2D eigenvalue weighted by Gasteiger charge is -2.00. The lowest BCUT2D eigenvalue weighted by molar-refractivity contribution is -0.119. The average Bonchev–Trinajstić information content (AvgIpc) is 2.36. The van der Waals surface area contributed by atoms with Gasteiger partial charge in [-0.3, -0.25) is 4.79 Å².